The lowest BCUT2D eigenvalue weighted by Crippen LogP contribution is -2.46. The van der Waals surface area contributed by atoms with Gasteiger partial charge in [0.2, 0.25) is 0 Å². The highest BCUT2D eigenvalue weighted by Crippen LogP contribution is 2.28. The molecule has 6 nitrogen and oxygen atoms in total. The molecular weight excluding hydrogens is 328 g/mol. The molecule has 128 valence electrons. The lowest BCUT2D eigenvalue weighted by molar-refractivity contribution is -0.125. The molecule has 0 heterocycles. The first kappa shape index (κ1) is 18.1. The summed E-state index contributed by atoms with van der Waals surface area (Å²) in [6, 6.07) is 8.63. The van der Waals surface area contributed by atoms with Gasteiger partial charge in [-0.05, 0) is 37.8 Å². The first-order valence-electron chi connectivity index (χ1n) is 7.88. The molecule has 0 bridgehead atoms. The maximum Gasteiger partial charge on any atom is 0.339 e. The van der Waals surface area contributed by atoms with Gasteiger partial charge in [-0.2, -0.15) is 5.26 Å². The number of hydrogen-bond acceptors (Lipinski definition) is 5. The number of hydrogen-bond donors (Lipinski definition) is 1. The zero-order chi connectivity index (χ0) is 17.6. The number of benzene rings is 1. The van der Waals surface area contributed by atoms with Crippen LogP contribution in [-0.4, -0.2) is 34.0 Å². The van der Waals surface area contributed by atoms with Crippen molar-refractivity contribution in [1.29, 1.82) is 5.26 Å². The Labute approximate surface area is 143 Å². The normalized spacial score (nSPS) is 16.8. The molecule has 1 N–H and O–H groups in total. The molecule has 0 aliphatic heterocycles. The lowest BCUT2D eigenvalue weighted by atomic mass is 10.00. The number of esters is 1. The zero-order valence-corrected chi connectivity index (χ0v) is 14.4. The number of nitrogens with zero attached hydrogens (tertiary/aromatic N) is 1. The molecule has 0 aromatic heterocycles. The fraction of sp³-hybridized carbons (Fsp3) is 0.471. The minimum Gasteiger partial charge on any atom is -0.452 e. The minimum atomic E-state index is -1.29. The maximum atomic E-state index is 12.2. The van der Waals surface area contributed by atoms with Crippen LogP contribution in [0, 0.1) is 11.3 Å². The van der Waals surface area contributed by atoms with E-state index in [0.29, 0.717) is 23.5 Å². The fourth-order valence-electron chi connectivity index (χ4n) is 2.74. The molecule has 2 rings (SSSR count). The van der Waals surface area contributed by atoms with Crippen molar-refractivity contribution in [2.75, 3.05) is 12.4 Å². The Morgan fingerprint density at radius 1 is 1.33 bits per heavy atom. The van der Waals surface area contributed by atoms with Crippen molar-refractivity contribution in [1.82, 2.24) is 5.32 Å². The summed E-state index contributed by atoms with van der Waals surface area (Å²) in [6.45, 7) is 1.30. The van der Waals surface area contributed by atoms with Crippen LogP contribution >= 0.6 is 0 Å². The van der Waals surface area contributed by atoms with Crippen LogP contribution in [0.5, 0.6) is 0 Å². The summed E-state index contributed by atoms with van der Waals surface area (Å²) >= 11 is 0. The van der Waals surface area contributed by atoms with Crippen LogP contribution in [0.4, 0.5) is 0 Å². The minimum absolute atomic E-state index is 0.196. The van der Waals surface area contributed by atoms with E-state index in [1.165, 1.54) is 6.07 Å². The highest BCUT2D eigenvalue weighted by molar-refractivity contribution is 7.85. The third-order valence-corrected chi connectivity index (χ3v) is 5.37. The molecule has 1 fully saturated rings. The fourth-order valence-corrected chi connectivity index (χ4v) is 3.68. The van der Waals surface area contributed by atoms with Crippen molar-refractivity contribution in [2.45, 2.75) is 43.0 Å². The smallest absolute Gasteiger partial charge is 0.339 e. The van der Waals surface area contributed by atoms with E-state index in [0.717, 1.165) is 12.8 Å². The second kappa shape index (κ2) is 8.06. The Bertz CT molecular complexity index is 690. The van der Waals surface area contributed by atoms with Crippen LogP contribution in [0.15, 0.2) is 29.2 Å². The second-order valence-electron chi connectivity index (χ2n) is 5.66. The van der Waals surface area contributed by atoms with Gasteiger partial charge in [-0.3, -0.25) is 9.00 Å². The number of nitrogens with one attached hydrogen (secondary N) is 1. The van der Waals surface area contributed by atoms with Gasteiger partial charge in [0.25, 0.3) is 5.91 Å². The van der Waals surface area contributed by atoms with Crippen LogP contribution in [0.3, 0.4) is 0 Å². The SMILES string of the molecule is CCS(=O)c1ccccc1C(=O)OCC(=O)NC1(C#N)CCCC1. The van der Waals surface area contributed by atoms with Gasteiger partial charge in [0, 0.05) is 5.75 Å². The van der Waals surface area contributed by atoms with E-state index in [4.69, 9.17) is 4.74 Å². The van der Waals surface area contributed by atoms with E-state index in [9.17, 15) is 19.1 Å². The summed E-state index contributed by atoms with van der Waals surface area (Å²) < 4.78 is 17.0. The van der Waals surface area contributed by atoms with Gasteiger partial charge in [0.1, 0.15) is 5.54 Å². The number of carbonyl (C=O) groups excluding carboxylic acids is 2. The number of rotatable bonds is 6. The third-order valence-electron chi connectivity index (χ3n) is 4.00. The first-order valence-corrected chi connectivity index (χ1v) is 9.20. The van der Waals surface area contributed by atoms with Crippen molar-refractivity contribution in [2.24, 2.45) is 0 Å². The van der Waals surface area contributed by atoms with Crippen LogP contribution in [0.25, 0.3) is 0 Å². The van der Waals surface area contributed by atoms with Gasteiger partial charge in [-0.1, -0.05) is 19.1 Å². The molecule has 1 aromatic rings. The van der Waals surface area contributed by atoms with E-state index in [2.05, 4.69) is 11.4 Å². The summed E-state index contributed by atoms with van der Waals surface area (Å²) in [5, 5.41) is 11.9. The van der Waals surface area contributed by atoms with Gasteiger partial charge in [0.05, 0.1) is 27.3 Å². The molecule has 1 saturated carbocycles. The topological polar surface area (TPSA) is 96.3 Å². The molecule has 0 spiro atoms. The van der Waals surface area contributed by atoms with Crippen LogP contribution in [0.1, 0.15) is 43.0 Å². The summed E-state index contributed by atoms with van der Waals surface area (Å²) in [6.07, 6.45) is 3.01. The van der Waals surface area contributed by atoms with Crippen LogP contribution in [-0.2, 0) is 20.3 Å². The average molecular weight is 348 g/mol. The number of nitriles is 1. The van der Waals surface area contributed by atoms with Crippen molar-refractivity contribution in [3.63, 3.8) is 0 Å². The Morgan fingerprint density at radius 2 is 2.00 bits per heavy atom. The summed E-state index contributed by atoms with van der Waals surface area (Å²) in [5.41, 5.74) is -0.646. The Kier molecular flexibility index (Phi) is 6.10. The summed E-state index contributed by atoms with van der Waals surface area (Å²) in [7, 11) is -1.29. The molecule has 1 atom stereocenters. The Balaban J connectivity index is 1.97. The third kappa shape index (κ3) is 4.20. The highest BCUT2D eigenvalue weighted by Gasteiger charge is 2.35. The van der Waals surface area contributed by atoms with E-state index in [1.54, 1.807) is 25.1 Å². The average Bonchev–Trinajstić information content (AvgIpc) is 3.08. The molecule has 0 radical (unpaired) electrons. The van der Waals surface area contributed by atoms with E-state index in [-0.39, 0.29) is 5.56 Å². The van der Waals surface area contributed by atoms with Gasteiger partial charge in [-0.15, -0.1) is 0 Å². The quantitative estimate of drug-likeness (QED) is 0.792. The molecule has 7 heteroatoms. The number of carbonyl (C=O) groups is 2. The highest BCUT2D eigenvalue weighted by atomic mass is 32.2. The van der Waals surface area contributed by atoms with E-state index >= 15 is 0 Å². The number of ether oxygens (including phenoxy) is 1. The summed E-state index contributed by atoms with van der Waals surface area (Å²) in [4.78, 5) is 24.5. The predicted octanol–water partition coefficient (Wildman–Crippen LogP) is 1.92. The molecule has 1 aliphatic rings. The Hall–Kier alpha value is -2.20. The molecular formula is C17H20N2O4S. The van der Waals surface area contributed by atoms with Gasteiger partial charge >= 0.3 is 5.97 Å². The first-order chi connectivity index (χ1) is 11.5. The molecule has 1 unspecified atom stereocenters. The maximum absolute atomic E-state index is 12.2. The summed E-state index contributed by atoms with van der Waals surface area (Å²) in [5.74, 6) is -0.809. The van der Waals surface area contributed by atoms with E-state index in [1.807, 2.05) is 0 Å². The van der Waals surface area contributed by atoms with Gasteiger partial charge < -0.3 is 10.1 Å². The van der Waals surface area contributed by atoms with Crippen LogP contribution < -0.4 is 5.32 Å². The molecule has 0 saturated heterocycles. The molecule has 24 heavy (non-hydrogen) atoms. The second-order valence-corrected chi connectivity index (χ2v) is 7.36. The monoisotopic (exact) mass is 348 g/mol. The molecule has 1 aromatic carbocycles. The van der Waals surface area contributed by atoms with E-state index < -0.39 is 34.8 Å². The molecule has 1 aliphatic carbocycles. The molecule has 1 amide bonds. The van der Waals surface area contributed by atoms with Gasteiger partial charge in [0.15, 0.2) is 6.61 Å². The Morgan fingerprint density at radius 3 is 2.62 bits per heavy atom. The standard InChI is InChI=1S/C17H20N2O4S/c1-2-24(22)14-8-4-3-7-13(14)16(21)23-11-15(20)19-17(12-18)9-5-6-10-17/h3-4,7-8H,2,5-6,9-11H2,1H3,(H,19,20). The van der Waals surface area contributed by atoms with Crippen molar-refractivity contribution in [3.8, 4) is 6.07 Å². The van der Waals surface area contributed by atoms with Crippen molar-refractivity contribution >= 4 is 22.7 Å². The van der Waals surface area contributed by atoms with Crippen LogP contribution in [0.2, 0.25) is 0 Å². The predicted molar refractivity (Wildman–Crippen MR) is 88.6 cm³/mol. The van der Waals surface area contributed by atoms with Gasteiger partial charge in [-0.25, -0.2) is 4.79 Å². The van der Waals surface area contributed by atoms with Crippen molar-refractivity contribution in [3.05, 3.63) is 29.8 Å². The zero-order valence-electron chi connectivity index (χ0n) is 13.5. The van der Waals surface area contributed by atoms with Crippen molar-refractivity contribution < 1.29 is 18.5 Å². The lowest BCUT2D eigenvalue weighted by Gasteiger charge is -2.21. The number of amides is 1. The largest absolute Gasteiger partial charge is 0.452 e.